The van der Waals surface area contributed by atoms with E-state index in [1.165, 1.54) is 21.4 Å². The number of hydrogen-bond donors (Lipinski definition) is 1. The highest BCUT2D eigenvalue weighted by atomic mass is 19.1. The van der Waals surface area contributed by atoms with Crippen LogP contribution >= 0.6 is 0 Å². The first-order valence-electron chi connectivity index (χ1n) is 17.5. The predicted octanol–water partition coefficient (Wildman–Crippen LogP) is 6.04. The van der Waals surface area contributed by atoms with Crippen LogP contribution in [0, 0.1) is 17.6 Å². The van der Waals surface area contributed by atoms with Crippen molar-refractivity contribution in [2.45, 2.75) is 51.1 Å². The molecule has 1 aliphatic carbocycles. The summed E-state index contributed by atoms with van der Waals surface area (Å²) in [5.41, 5.74) is 3.81. The molecule has 2 aliphatic rings. The van der Waals surface area contributed by atoms with Gasteiger partial charge in [0.2, 0.25) is 0 Å². The Morgan fingerprint density at radius 3 is 2.55 bits per heavy atom. The van der Waals surface area contributed by atoms with E-state index >= 15 is 0 Å². The van der Waals surface area contributed by atoms with Crippen molar-refractivity contribution in [2.24, 2.45) is 5.92 Å². The van der Waals surface area contributed by atoms with Crippen LogP contribution in [0.2, 0.25) is 0 Å². The number of fused-ring (bicyclic) bond motifs is 2. The quantitative estimate of drug-likeness (QED) is 0.207. The van der Waals surface area contributed by atoms with Gasteiger partial charge in [0.15, 0.2) is 5.65 Å². The van der Waals surface area contributed by atoms with Crippen molar-refractivity contribution >= 4 is 16.7 Å². The second kappa shape index (κ2) is 13.8. The van der Waals surface area contributed by atoms with Crippen LogP contribution in [0.4, 0.5) is 8.78 Å². The van der Waals surface area contributed by atoms with Gasteiger partial charge in [0.25, 0.3) is 5.56 Å². The molecule has 10 nitrogen and oxygen atoms in total. The van der Waals surface area contributed by atoms with Gasteiger partial charge in [-0.05, 0) is 104 Å². The van der Waals surface area contributed by atoms with Gasteiger partial charge in [-0.1, -0.05) is 18.2 Å². The molecular weight excluding hydrogens is 654 g/mol. The lowest BCUT2D eigenvalue weighted by atomic mass is 9.83. The Morgan fingerprint density at radius 1 is 0.902 bits per heavy atom. The fourth-order valence-corrected chi connectivity index (χ4v) is 7.72. The molecule has 0 bridgehead atoms. The van der Waals surface area contributed by atoms with Crippen molar-refractivity contribution in [3.05, 3.63) is 123 Å². The number of halogens is 2. The zero-order valence-electron chi connectivity index (χ0n) is 28.0. The highest BCUT2D eigenvalue weighted by Gasteiger charge is 2.28. The molecule has 1 aliphatic heterocycles. The fraction of sp³-hybridized carbons (Fsp3) is 0.333. The zero-order chi connectivity index (χ0) is 35.1. The Bertz CT molecular complexity index is 2360. The maximum absolute atomic E-state index is 14.6. The van der Waals surface area contributed by atoms with E-state index in [4.69, 9.17) is 4.74 Å². The molecule has 1 saturated carbocycles. The number of aryl methyl sites for hydroxylation is 1. The summed E-state index contributed by atoms with van der Waals surface area (Å²) in [7, 11) is 0. The summed E-state index contributed by atoms with van der Waals surface area (Å²) in [4.78, 5) is 39.5. The van der Waals surface area contributed by atoms with Gasteiger partial charge in [-0.25, -0.2) is 28.1 Å². The number of imidazole rings is 1. The van der Waals surface area contributed by atoms with Crippen LogP contribution < -0.4 is 11.2 Å². The number of aromatic hydroxyl groups is 1. The van der Waals surface area contributed by atoms with Gasteiger partial charge in [0.05, 0.1) is 36.2 Å². The number of morpholine rings is 1. The molecular formula is C39H38F2N6O4. The minimum Gasteiger partial charge on any atom is -0.508 e. The molecule has 5 heterocycles. The Balaban J connectivity index is 1.09. The maximum Gasteiger partial charge on any atom is 0.337 e. The minimum absolute atomic E-state index is 0.0445. The van der Waals surface area contributed by atoms with Gasteiger partial charge in [-0.3, -0.25) is 14.3 Å². The average Bonchev–Trinajstić information content (AvgIpc) is 3.54. The smallest absolute Gasteiger partial charge is 0.337 e. The van der Waals surface area contributed by atoms with Crippen LogP contribution in [0.25, 0.3) is 33.5 Å². The Kier molecular flexibility index (Phi) is 8.95. The first-order valence-corrected chi connectivity index (χ1v) is 17.5. The monoisotopic (exact) mass is 692 g/mol. The van der Waals surface area contributed by atoms with Crippen LogP contribution in [0.3, 0.4) is 0 Å². The molecule has 0 radical (unpaired) electrons. The number of ether oxygens (including phenoxy) is 1. The number of pyridine rings is 2. The molecule has 8 rings (SSSR count). The van der Waals surface area contributed by atoms with Gasteiger partial charge in [-0.15, -0.1) is 0 Å². The van der Waals surface area contributed by atoms with Crippen molar-refractivity contribution in [1.82, 2.24) is 28.4 Å². The molecule has 4 aromatic heterocycles. The van der Waals surface area contributed by atoms with Gasteiger partial charge in [0, 0.05) is 38.1 Å². The van der Waals surface area contributed by atoms with Crippen LogP contribution in [0.5, 0.6) is 5.75 Å². The van der Waals surface area contributed by atoms with E-state index in [0.29, 0.717) is 49.9 Å². The number of phenols is 1. The largest absolute Gasteiger partial charge is 0.508 e. The molecule has 6 aromatic rings. The van der Waals surface area contributed by atoms with Crippen molar-refractivity contribution in [2.75, 3.05) is 26.3 Å². The number of rotatable bonds is 8. The Labute approximate surface area is 292 Å². The Hall–Kier alpha value is -5.20. The highest BCUT2D eigenvalue weighted by Crippen LogP contribution is 2.34. The molecule has 0 amide bonds. The normalized spacial score (nSPS) is 18.5. The first kappa shape index (κ1) is 33.0. The van der Waals surface area contributed by atoms with Crippen LogP contribution in [0.15, 0.2) is 88.8 Å². The van der Waals surface area contributed by atoms with Gasteiger partial charge < -0.3 is 14.2 Å². The van der Waals surface area contributed by atoms with Crippen LogP contribution in [-0.4, -0.2) is 59.8 Å². The molecule has 0 spiro atoms. The molecule has 0 unspecified atom stereocenters. The third kappa shape index (κ3) is 6.68. The number of nitrogens with zero attached hydrogens (tertiary/aromatic N) is 6. The molecule has 1 saturated heterocycles. The molecule has 2 aromatic carbocycles. The van der Waals surface area contributed by atoms with Gasteiger partial charge in [0.1, 0.15) is 23.0 Å². The van der Waals surface area contributed by atoms with E-state index < -0.39 is 17.1 Å². The van der Waals surface area contributed by atoms with E-state index in [-0.39, 0.29) is 28.6 Å². The van der Waals surface area contributed by atoms with Crippen molar-refractivity contribution in [3.8, 4) is 22.6 Å². The van der Waals surface area contributed by atoms with E-state index in [1.54, 1.807) is 28.7 Å². The van der Waals surface area contributed by atoms with E-state index in [1.807, 2.05) is 30.5 Å². The summed E-state index contributed by atoms with van der Waals surface area (Å²) < 4.78 is 38.2. The van der Waals surface area contributed by atoms with Crippen LogP contribution in [0.1, 0.15) is 49.4 Å². The lowest BCUT2D eigenvalue weighted by Crippen LogP contribution is -2.43. The number of hydrogen-bond acceptors (Lipinski definition) is 7. The predicted molar refractivity (Wildman–Crippen MR) is 189 cm³/mol. The summed E-state index contributed by atoms with van der Waals surface area (Å²) in [5, 5.41) is 10.4. The molecule has 2 fully saturated rings. The number of aromatic nitrogens is 5. The third-order valence-electron chi connectivity index (χ3n) is 10.3. The van der Waals surface area contributed by atoms with Crippen molar-refractivity contribution in [1.29, 1.82) is 0 Å². The Morgan fingerprint density at radius 2 is 1.73 bits per heavy atom. The standard InChI is InChI=1S/C39H38F2N6O4/c40-28-7-13-36-43-30(24-45(36)23-28)8-4-25-5-9-31(10-6-25)47-38(49)35-20-29(41)21-42-37(35)46(39(47)50)32-3-1-2-26(18-32)34-12-11-33(48)19-27(34)22-44-14-16-51-17-15-44/h1-3,7,11-13,18-21,23-25,31,48H,4-6,8-10,14-17,22H2. The lowest BCUT2D eigenvalue weighted by molar-refractivity contribution is 0.0342. The van der Waals surface area contributed by atoms with Gasteiger partial charge >= 0.3 is 5.69 Å². The topological polar surface area (TPSA) is 107 Å². The highest BCUT2D eigenvalue weighted by molar-refractivity contribution is 5.77. The summed E-state index contributed by atoms with van der Waals surface area (Å²) in [6.45, 7) is 3.49. The number of benzene rings is 2. The lowest BCUT2D eigenvalue weighted by Gasteiger charge is -2.30. The third-order valence-corrected chi connectivity index (χ3v) is 10.3. The second-order valence-electron chi connectivity index (χ2n) is 13.7. The molecule has 0 atom stereocenters. The van der Waals surface area contributed by atoms with E-state index in [9.17, 15) is 23.5 Å². The summed E-state index contributed by atoms with van der Waals surface area (Å²) in [6, 6.07) is 16.6. The van der Waals surface area contributed by atoms with Gasteiger partial charge in [-0.2, -0.15) is 0 Å². The van der Waals surface area contributed by atoms with Crippen LogP contribution in [-0.2, 0) is 17.7 Å². The molecule has 12 heteroatoms. The number of phenolic OH excluding ortho intramolecular Hbond substituents is 1. The van der Waals surface area contributed by atoms with Crippen molar-refractivity contribution in [3.63, 3.8) is 0 Å². The zero-order valence-corrected chi connectivity index (χ0v) is 28.0. The first-order chi connectivity index (χ1) is 24.8. The second-order valence-corrected chi connectivity index (χ2v) is 13.7. The molecule has 262 valence electrons. The summed E-state index contributed by atoms with van der Waals surface area (Å²) in [6.07, 6.45) is 8.83. The van der Waals surface area contributed by atoms with E-state index in [0.717, 1.165) is 73.4 Å². The molecule has 1 N–H and O–H groups in total. The minimum atomic E-state index is -0.652. The van der Waals surface area contributed by atoms with E-state index in [2.05, 4.69) is 14.9 Å². The van der Waals surface area contributed by atoms with Crippen molar-refractivity contribution < 1.29 is 18.6 Å². The summed E-state index contributed by atoms with van der Waals surface area (Å²) in [5.74, 6) is -0.417. The fourth-order valence-electron chi connectivity index (χ4n) is 7.72. The SMILES string of the molecule is O=c1c2cc(F)cnc2n(-c2cccc(-c3ccc(O)cc3CN3CCOCC3)c2)c(=O)n1C1CCC(CCc2cn3cc(F)ccc3n2)CC1. The summed E-state index contributed by atoms with van der Waals surface area (Å²) >= 11 is 0. The maximum atomic E-state index is 14.6. The average molecular weight is 693 g/mol. The molecule has 51 heavy (non-hydrogen) atoms.